The molecule has 0 fully saturated rings. The van der Waals surface area contributed by atoms with Crippen molar-refractivity contribution in [3.63, 3.8) is 0 Å². The summed E-state index contributed by atoms with van der Waals surface area (Å²) in [5.74, 6) is -0.121. The first-order valence-electron chi connectivity index (χ1n) is 14.0. The fraction of sp³-hybridized carbons (Fsp3) is 0.219. The maximum absolute atomic E-state index is 13.9. The maximum atomic E-state index is 13.9. The van der Waals surface area contributed by atoms with E-state index in [-0.39, 0.29) is 23.7 Å². The normalized spacial score (nSPS) is 14.6. The molecule has 3 aromatic carbocycles. The number of rotatable bonds is 9. The highest BCUT2D eigenvalue weighted by molar-refractivity contribution is 7.07. The molecule has 1 atom stereocenters. The van der Waals surface area contributed by atoms with E-state index in [0.717, 1.165) is 23.3 Å². The number of nitro benzene ring substituents is 2. The third kappa shape index (κ3) is 6.29. The first-order valence-corrected chi connectivity index (χ1v) is 14.8. The molecular weight excluding hydrogens is 600 g/mol. The van der Waals surface area contributed by atoms with Crippen molar-refractivity contribution in [3.05, 3.63) is 135 Å². The minimum absolute atomic E-state index is 0.152. The van der Waals surface area contributed by atoms with Gasteiger partial charge in [-0.2, -0.15) is 0 Å². The molecule has 0 saturated carbocycles. The molecule has 0 bridgehead atoms. The van der Waals surface area contributed by atoms with Gasteiger partial charge in [-0.3, -0.25) is 29.6 Å². The molecule has 0 saturated heterocycles. The average molecular weight is 629 g/mol. The summed E-state index contributed by atoms with van der Waals surface area (Å²) in [6, 6.07) is 16.7. The highest BCUT2D eigenvalue weighted by Crippen LogP contribution is 2.35. The van der Waals surface area contributed by atoms with E-state index in [9.17, 15) is 29.8 Å². The van der Waals surface area contributed by atoms with E-state index < -0.39 is 33.2 Å². The smallest absolute Gasteiger partial charge is 0.338 e. The minimum atomic E-state index is -0.753. The summed E-state index contributed by atoms with van der Waals surface area (Å²) in [5.41, 5.74) is 2.01. The van der Waals surface area contributed by atoms with Gasteiger partial charge in [-0.15, -0.1) is 0 Å². The molecule has 5 rings (SSSR count). The van der Waals surface area contributed by atoms with Crippen molar-refractivity contribution >= 4 is 34.8 Å². The summed E-state index contributed by atoms with van der Waals surface area (Å²) < 4.78 is 12.9. The van der Waals surface area contributed by atoms with Crippen LogP contribution in [-0.2, 0) is 9.53 Å². The molecule has 1 aromatic heterocycles. The lowest BCUT2D eigenvalue weighted by Gasteiger charge is -2.25. The molecule has 0 aliphatic carbocycles. The van der Waals surface area contributed by atoms with E-state index in [4.69, 9.17) is 9.47 Å². The average Bonchev–Trinajstić information content (AvgIpc) is 3.31. The lowest BCUT2D eigenvalue weighted by atomic mass is 9.93. The molecule has 12 nitrogen and oxygen atoms in total. The first-order chi connectivity index (χ1) is 21.5. The number of benzene rings is 3. The molecule has 230 valence electrons. The number of non-ortho nitro benzene ring substituents is 1. The molecule has 4 aromatic rings. The van der Waals surface area contributed by atoms with E-state index in [0.29, 0.717) is 32.1 Å². The third-order valence-electron chi connectivity index (χ3n) is 7.19. The number of nitrogens with zero attached hydrogens (tertiary/aromatic N) is 4. The summed E-state index contributed by atoms with van der Waals surface area (Å²) >= 11 is 1.19. The van der Waals surface area contributed by atoms with Gasteiger partial charge < -0.3 is 9.47 Å². The number of allylic oxidation sites excluding steroid dienone is 1. The quantitative estimate of drug-likeness (QED) is 0.133. The Morgan fingerprint density at radius 3 is 2.33 bits per heavy atom. The highest BCUT2D eigenvalue weighted by atomic mass is 32.1. The molecular formula is C32H28N4O8S. The molecule has 1 aliphatic heterocycles. The van der Waals surface area contributed by atoms with Crippen molar-refractivity contribution < 1.29 is 24.1 Å². The van der Waals surface area contributed by atoms with Crippen LogP contribution < -0.4 is 19.6 Å². The van der Waals surface area contributed by atoms with Crippen molar-refractivity contribution in [1.29, 1.82) is 0 Å². The zero-order valence-corrected chi connectivity index (χ0v) is 25.6. The van der Waals surface area contributed by atoms with Crippen LogP contribution in [0.5, 0.6) is 11.5 Å². The van der Waals surface area contributed by atoms with Crippen molar-refractivity contribution in [1.82, 2.24) is 4.57 Å². The number of nitro groups is 2. The number of aromatic nitrogens is 1. The van der Waals surface area contributed by atoms with E-state index in [2.05, 4.69) is 18.8 Å². The topological polar surface area (TPSA) is 156 Å². The van der Waals surface area contributed by atoms with Gasteiger partial charge in [0, 0.05) is 6.07 Å². The van der Waals surface area contributed by atoms with Gasteiger partial charge in [0.25, 0.3) is 11.2 Å². The molecule has 0 radical (unpaired) electrons. The molecule has 0 unspecified atom stereocenters. The van der Waals surface area contributed by atoms with Crippen LogP contribution in [-0.4, -0.2) is 27.0 Å². The van der Waals surface area contributed by atoms with Crippen molar-refractivity contribution in [2.75, 3.05) is 6.61 Å². The Labute approximate surface area is 260 Å². The third-order valence-corrected chi connectivity index (χ3v) is 8.17. The zero-order valence-electron chi connectivity index (χ0n) is 24.8. The summed E-state index contributed by atoms with van der Waals surface area (Å²) in [6.45, 7) is 7.80. The zero-order chi connectivity index (χ0) is 32.4. The molecule has 1 aliphatic rings. The van der Waals surface area contributed by atoms with Gasteiger partial charge in [0.2, 0.25) is 5.75 Å². The lowest BCUT2D eigenvalue weighted by Crippen LogP contribution is -2.39. The fourth-order valence-electron chi connectivity index (χ4n) is 4.93. The molecule has 13 heteroatoms. The standard InChI is InChI=1S/C32H28N4O8S/c1-5-43-31(38)28-19(4)33-32-34(29(28)22-10-8-21(9-11-22)18(2)3)30(37)27(45-32)16-20-6-13-24(14-7-20)44-26-15-12-23(35(39)40)17-25(26)36(41)42/h6-18,29H,5H2,1-4H3/b27-16-/t29-/m0/s1. The van der Waals surface area contributed by atoms with Crippen LogP contribution in [0.4, 0.5) is 11.4 Å². The van der Waals surface area contributed by atoms with Gasteiger partial charge in [-0.1, -0.05) is 61.6 Å². The van der Waals surface area contributed by atoms with Crippen LogP contribution in [0.3, 0.4) is 0 Å². The second-order valence-corrected chi connectivity index (χ2v) is 11.5. The minimum Gasteiger partial charge on any atom is -0.463 e. The molecule has 2 heterocycles. The number of fused-ring (bicyclic) bond motifs is 1. The molecule has 45 heavy (non-hydrogen) atoms. The van der Waals surface area contributed by atoms with Crippen LogP contribution >= 0.6 is 11.3 Å². The van der Waals surface area contributed by atoms with E-state index >= 15 is 0 Å². The number of carbonyl (C=O) groups is 1. The van der Waals surface area contributed by atoms with Gasteiger partial charge in [0.05, 0.1) is 44.4 Å². The van der Waals surface area contributed by atoms with Crippen LogP contribution in [0, 0.1) is 20.2 Å². The summed E-state index contributed by atoms with van der Waals surface area (Å²) in [7, 11) is 0. The van der Waals surface area contributed by atoms with E-state index in [1.807, 2.05) is 24.3 Å². The lowest BCUT2D eigenvalue weighted by molar-refractivity contribution is -0.394. The van der Waals surface area contributed by atoms with Gasteiger partial charge in [-0.25, -0.2) is 9.79 Å². The van der Waals surface area contributed by atoms with Gasteiger partial charge in [-0.05, 0) is 60.7 Å². The predicted molar refractivity (Wildman–Crippen MR) is 167 cm³/mol. The van der Waals surface area contributed by atoms with Crippen LogP contribution in [0.15, 0.2) is 87.8 Å². The Morgan fingerprint density at radius 2 is 1.73 bits per heavy atom. The number of hydrogen-bond donors (Lipinski definition) is 0. The van der Waals surface area contributed by atoms with E-state index in [1.54, 1.807) is 44.2 Å². The maximum Gasteiger partial charge on any atom is 0.338 e. The van der Waals surface area contributed by atoms with Crippen LogP contribution in [0.1, 0.15) is 56.3 Å². The summed E-state index contributed by atoms with van der Waals surface area (Å²) in [6.07, 6.45) is 1.68. The van der Waals surface area contributed by atoms with Crippen molar-refractivity contribution in [3.8, 4) is 11.5 Å². The second-order valence-electron chi connectivity index (χ2n) is 10.5. The molecule has 0 N–H and O–H groups in total. The van der Waals surface area contributed by atoms with Crippen LogP contribution in [0.2, 0.25) is 0 Å². The summed E-state index contributed by atoms with van der Waals surface area (Å²) in [4.78, 5) is 53.0. The summed E-state index contributed by atoms with van der Waals surface area (Å²) in [5, 5.41) is 22.5. The Hall–Kier alpha value is -5.43. The number of esters is 1. The Bertz CT molecular complexity index is 2030. The Morgan fingerprint density at radius 1 is 1.04 bits per heavy atom. The molecule has 0 spiro atoms. The Kier molecular flexibility index (Phi) is 8.73. The highest BCUT2D eigenvalue weighted by Gasteiger charge is 2.33. The largest absolute Gasteiger partial charge is 0.463 e. The predicted octanol–water partition coefficient (Wildman–Crippen LogP) is 5.53. The van der Waals surface area contributed by atoms with Gasteiger partial charge >= 0.3 is 11.7 Å². The van der Waals surface area contributed by atoms with E-state index in [1.165, 1.54) is 22.0 Å². The number of thiazole rings is 1. The number of carbonyl (C=O) groups excluding carboxylic acids is 1. The SMILES string of the molecule is CCOC(=O)C1=C(C)N=c2s/c(=C\c3ccc(Oc4ccc([N+](=O)[O-])cc4[N+](=O)[O-])cc3)c(=O)n2[C@H]1c1ccc(C(C)C)cc1. The second kappa shape index (κ2) is 12.7. The van der Waals surface area contributed by atoms with Gasteiger partial charge in [0.15, 0.2) is 4.80 Å². The fourth-order valence-corrected chi connectivity index (χ4v) is 5.98. The van der Waals surface area contributed by atoms with Crippen molar-refractivity contribution in [2.24, 2.45) is 4.99 Å². The number of hydrogen-bond acceptors (Lipinski definition) is 10. The monoisotopic (exact) mass is 628 g/mol. The first kappa shape index (κ1) is 31.0. The van der Waals surface area contributed by atoms with Crippen LogP contribution in [0.25, 0.3) is 6.08 Å². The number of ether oxygens (including phenoxy) is 2. The van der Waals surface area contributed by atoms with Crippen molar-refractivity contribution in [2.45, 2.75) is 39.7 Å². The van der Waals surface area contributed by atoms with Gasteiger partial charge in [0.1, 0.15) is 5.75 Å². The molecule has 0 amide bonds. The Balaban J connectivity index is 1.52.